The minimum Gasteiger partial charge on any atom is -0.401 e. The Balaban J connectivity index is 2.40. The van der Waals surface area contributed by atoms with Gasteiger partial charge in [0.1, 0.15) is 0 Å². The molecule has 0 bridgehead atoms. The Bertz CT molecular complexity index is 214. The minimum atomic E-state index is 0.573. The first-order valence-electron chi connectivity index (χ1n) is 2.83. The molecule has 0 aromatic carbocycles. The highest BCUT2D eigenvalue weighted by molar-refractivity contribution is 5.42. The van der Waals surface area contributed by atoms with Crippen molar-refractivity contribution in [2.24, 2.45) is 11.7 Å². The summed E-state index contributed by atoms with van der Waals surface area (Å²) in [5, 5.41) is 0. The van der Waals surface area contributed by atoms with Gasteiger partial charge in [0, 0.05) is 18.0 Å². The normalized spacial score (nSPS) is 30.8. The molecule has 0 radical (unpaired) electrons. The number of hydrogen-bond donors (Lipinski definition) is 1. The second-order valence-corrected chi connectivity index (χ2v) is 2.31. The average Bonchev–Trinajstić information content (AvgIpc) is 2.45. The number of hydrogen-bond acceptors (Lipinski definition) is 1. The molecule has 0 amide bonds. The molecule has 1 atom stereocenters. The number of fused-ring (bicyclic) bond motifs is 1. The van der Waals surface area contributed by atoms with Crippen LogP contribution in [0.3, 0.4) is 0 Å². The molecule has 0 heterocycles. The van der Waals surface area contributed by atoms with Crippen LogP contribution in [-0.2, 0) is 0 Å². The largest absolute Gasteiger partial charge is 0.401 e. The molecule has 1 unspecified atom stereocenters. The predicted molar refractivity (Wildman–Crippen MR) is 31.7 cm³/mol. The maximum Gasteiger partial charge on any atom is 0.0486 e. The first kappa shape index (κ1) is 4.03. The topological polar surface area (TPSA) is 26.0 Å². The van der Waals surface area contributed by atoms with Crippen LogP contribution in [0.5, 0.6) is 0 Å². The Labute approximate surface area is 48.6 Å². The Morgan fingerprint density at radius 3 is 3.12 bits per heavy atom. The van der Waals surface area contributed by atoms with Gasteiger partial charge in [-0.3, -0.25) is 0 Å². The quantitative estimate of drug-likeness (QED) is 0.449. The number of allylic oxidation sites excluding steroid dienone is 2. The maximum atomic E-state index is 5.60. The highest BCUT2D eigenvalue weighted by Crippen LogP contribution is 2.40. The van der Waals surface area contributed by atoms with Crippen LogP contribution in [0.4, 0.5) is 0 Å². The van der Waals surface area contributed by atoms with E-state index in [1.807, 2.05) is 0 Å². The molecule has 0 spiro atoms. The summed E-state index contributed by atoms with van der Waals surface area (Å²) in [6.45, 7) is 0. The van der Waals surface area contributed by atoms with Crippen molar-refractivity contribution in [2.75, 3.05) is 0 Å². The molecule has 40 valence electrons. The molecule has 1 heteroatoms. The molecule has 1 saturated carbocycles. The minimum absolute atomic E-state index is 0.573. The Hall–Kier alpha value is -0.900. The molecule has 1 nitrogen and oxygen atoms in total. The second kappa shape index (κ2) is 1.08. The van der Waals surface area contributed by atoms with Crippen LogP contribution in [0, 0.1) is 17.8 Å². The van der Waals surface area contributed by atoms with Crippen molar-refractivity contribution in [1.82, 2.24) is 0 Å². The standard InChI is InChI=1S/C7H7N/c8-7-3-1-2-5-4-6(5)7/h5H,3-4,8H2. The van der Waals surface area contributed by atoms with Gasteiger partial charge in [0.2, 0.25) is 0 Å². The van der Waals surface area contributed by atoms with E-state index in [1.54, 1.807) is 0 Å². The molecule has 2 aliphatic rings. The van der Waals surface area contributed by atoms with E-state index in [0.29, 0.717) is 5.92 Å². The lowest BCUT2D eigenvalue weighted by atomic mass is 10.2. The molecule has 8 heavy (non-hydrogen) atoms. The van der Waals surface area contributed by atoms with E-state index in [4.69, 9.17) is 5.73 Å². The van der Waals surface area contributed by atoms with Crippen LogP contribution < -0.4 is 5.73 Å². The summed E-state index contributed by atoms with van der Waals surface area (Å²) in [5.41, 5.74) is 8.04. The summed E-state index contributed by atoms with van der Waals surface area (Å²) in [6.07, 6.45) is 1.96. The second-order valence-electron chi connectivity index (χ2n) is 2.31. The van der Waals surface area contributed by atoms with Crippen LogP contribution in [0.2, 0.25) is 0 Å². The summed E-state index contributed by atoms with van der Waals surface area (Å²) in [4.78, 5) is 0. The van der Waals surface area contributed by atoms with Crippen molar-refractivity contribution in [1.29, 1.82) is 0 Å². The van der Waals surface area contributed by atoms with Crippen molar-refractivity contribution >= 4 is 0 Å². The van der Waals surface area contributed by atoms with Gasteiger partial charge >= 0.3 is 0 Å². The van der Waals surface area contributed by atoms with E-state index >= 15 is 0 Å². The zero-order valence-corrected chi connectivity index (χ0v) is 4.57. The fraction of sp³-hybridized carbons (Fsp3) is 0.429. The zero-order valence-electron chi connectivity index (χ0n) is 4.57. The molecule has 0 aromatic rings. The summed E-state index contributed by atoms with van der Waals surface area (Å²) >= 11 is 0. The van der Waals surface area contributed by atoms with Gasteiger partial charge in [-0.1, -0.05) is 11.8 Å². The molecule has 1 fully saturated rings. The van der Waals surface area contributed by atoms with Crippen LogP contribution >= 0.6 is 0 Å². The van der Waals surface area contributed by atoms with Crippen LogP contribution in [0.15, 0.2) is 11.3 Å². The molecule has 0 aromatic heterocycles. The van der Waals surface area contributed by atoms with E-state index in [-0.39, 0.29) is 0 Å². The van der Waals surface area contributed by atoms with Crippen molar-refractivity contribution in [3.63, 3.8) is 0 Å². The van der Waals surface area contributed by atoms with E-state index in [2.05, 4.69) is 11.8 Å². The molecule has 0 saturated heterocycles. The van der Waals surface area contributed by atoms with Gasteiger partial charge in [-0.2, -0.15) is 0 Å². The smallest absolute Gasteiger partial charge is 0.0486 e. The Morgan fingerprint density at radius 1 is 1.62 bits per heavy atom. The van der Waals surface area contributed by atoms with Gasteiger partial charge in [-0.05, 0) is 12.0 Å². The first-order chi connectivity index (χ1) is 3.88. The fourth-order valence-corrected chi connectivity index (χ4v) is 1.04. The van der Waals surface area contributed by atoms with Crippen LogP contribution in [-0.4, -0.2) is 0 Å². The molecule has 0 aliphatic heterocycles. The van der Waals surface area contributed by atoms with Crippen molar-refractivity contribution < 1.29 is 0 Å². The summed E-state index contributed by atoms with van der Waals surface area (Å²) < 4.78 is 0. The van der Waals surface area contributed by atoms with E-state index in [0.717, 1.165) is 18.5 Å². The van der Waals surface area contributed by atoms with Crippen LogP contribution in [0.1, 0.15) is 12.8 Å². The Kier molecular flexibility index (Phi) is 0.545. The molecular formula is C7H7N. The van der Waals surface area contributed by atoms with Gasteiger partial charge in [-0.15, -0.1) is 0 Å². The van der Waals surface area contributed by atoms with Gasteiger partial charge in [0.15, 0.2) is 0 Å². The summed E-state index contributed by atoms with van der Waals surface area (Å²) in [6, 6.07) is 0. The van der Waals surface area contributed by atoms with Crippen molar-refractivity contribution in [2.45, 2.75) is 12.8 Å². The van der Waals surface area contributed by atoms with E-state index in [1.165, 1.54) is 5.57 Å². The maximum absolute atomic E-state index is 5.60. The Morgan fingerprint density at radius 2 is 2.50 bits per heavy atom. The van der Waals surface area contributed by atoms with Gasteiger partial charge in [-0.25, -0.2) is 0 Å². The highest BCUT2D eigenvalue weighted by atomic mass is 14.6. The van der Waals surface area contributed by atoms with Gasteiger partial charge in [0.25, 0.3) is 0 Å². The van der Waals surface area contributed by atoms with Crippen LogP contribution in [0.25, 0.3) is 0 Å². The van der Waals surface area contributed by atoms with E-state index in [9.17, 15) is 0 Å². The zero-order chi connectivity index (χ0) is 5.56. The fourth-order valence-electron chi connectivity index (χ4n) is 1.04. The summed E-state index contributed by atoms with van der Waals surface area (Å²) in [5.74, 6) is 6.66. The third-order valence-electron chi connectivity index (χ3n) is 1.65. The van der Waals surface area contributed by atoms with Gasteiger partial charge < -0.3 is 5.73 Å². The molecular weight excluding hydrogens is 98.1 g/mol. The highest BCUT2D eigenvalue weighted by Gasteiger charge is 2.31. The monoisotopic (exact) mass is 105 g/mol. The van der Waals surface area contributed by atoms with E-state index < -0.39 is 0 Å². The third kappa shape index (κ3) is 0.376. The number of nitrogens with two attached hydrogens (primary N) is 1. The molecule has 2 aliphatic carbocycles. The SMILES string of the molecule is NC1=C2CC2C#CC1. The van der Waals surface area contributed by atoms with Crippen molar-refractivity contribution in [3.05, 3.63) is 11.3 Å². The lowest BCUT2D eigenvalue weighted by molar-refractivity contribution is 1.12. The van der Waals surface area contributed by atoms with Crippen molar-refractivity contribution in [3.8, 4) is 11.8 Å². The lowest BCUT2D eigenvalue weighted by Gasteiger charge is -1.93. The van der Waals surface area contributed by atoms with Gasteiger partial charge in [0.05, 0.1) is 0 Å². The predicted octanol–water partition coefficient (Wildman–Crippen LogP) is 0.626. The lowest BCUT2D eigenvalue weighted by Crippen LogP contribution is -1.97. The molecule has 2 rings (SSSR count). The average molecular weight is 105 g/mol. The summed E-state index contributed by atoms with van der Waals surface area (Å²) in [7, 11) is 0. The third-order valence-corrected chi connectivity index (χ3v) is 1.65. The molecule has 2 N–H and O–H groups in total. The first-order valence-corrected chi connectivity index (χ1v) is 2.83. The number of rotatable bonds is 0.